The molecule has 1 aliphatic rings. The molecule has 1 fully saturated rings. The van der Waals surface area contributed by atoms with Gasteiger partial charge in [-0.05, 0) is 93.1 Å². The highest BCUT2D eigenvalue weighted by molar-refractivity contribution is 6.10. The third-order valence-electron chi connectivity index (χ3n) is 8.46. The fourth-order valence-corrected chi connectivity index (χ4v) is 5.99. The van der Waals surface area contributed by atoms with Crippen LogP contribution in [0.25, 0.3) is 0 Å². The lowest BCUT2D eigenvalue weighted by molar-refractivity contribution is -0.150. The number of carbonyl (C=O) groups excluding carboxylic acids is 3. The quantitative estimate of drug-likeness (QED) is 0.183. The topological polar surface area (TPSA) is 114 Å². The van der Waals surface area contributed by atoms with Crippen molar-refractivity contribution < 1.29 is 29.0 Å². The summed E-state index contributed by atoms with van der Waals surface area (Å²) in [5, 5.41) is 17.7. The number of ether oxygens (including phenoxy) is 2. The predicted molar refractivity (Wildman–Crippen MR) is 172 cm³/mol. The molecule has 4 atom stereocenters. The summed E-state index contributed by atoms with van der Waals surface area (Å²) in [6.07, 6.45) is 1.48. The zero-order chi connectivity index (χ0) is 32.2. The van der Waals surface area contributed by atoms with Crippen LogP contribution in [0.2, 0.25) is 0 Å². The maximum Gasteiger partial charge on any atom is 0.235 e. The average Bonchev–Trinajstić information content (AvgIpc) is 2.96. The molecule has 0 aromatic heterocycles. The first-order chi connectivity index (χ1) is 20.9. The minimum Gasteiger partial charge on any atom is -0.493 e. The van der Waals surface area contributed by atoms with Crippen molar-refractivity contribution in [2.24, 2.45) is 11.8 Å². The van der Waals surface area contributed by atoms with E-state index in [0.717, 1.165) is 35.1 Å². The third kappa shape index (κ3) is 7.13. The Hall–Kier alpha value is -4.17. The molecule has 3 N–H and O–H groups in total. The Morgan fingerprint density at radius 1 is 0.886 bits per heavy atom. The van der Waals surface area contributed by atoms with Gasteiger partial charge in [0.15, 0.2) is 11.5 Å². The normalized spacial score (nSPS) is 21.5. The van der Waals surface area contributed by atoms with Gasteiger partial charge in [0.05, 0.1) is 25.2 Å². The Kier molecular flexibility index (Phi) is 10.1. The lowest BCUT2D eigenvalue weighted by Gasteiger charge is -2.44. The van der Waals surface area contributed by atoms with E-state index < -0.39 is 41.0 Å². The smallest absolute Gasteiger partial charge is 0.235 e. The summed E-state index contributed by atoms with van der Waals surface area (Å²) in [5.41, 5.74) is 3.59. The van der Waals surface area contributed by atoms with Crippen molar-refractivity contribution in [1.29, 1.82) is 0 Å². The number of Topliss-reactive ketones (excluding diaryl/α,β-unsaturated/α-hetero) is 1. The highest BCUT2D eigenvalue weighted by atomic mass is 16.5. The molecule has 3 aromatic rings. The Morgan fingerprint density at radius 2 is 1.48 bits per heavy atom. The van der Waals surface area contributed by atoms with Crippen LogP contribution in [0.3, 0.4) is 0 Å². The van der Waals surface area contributed by atoms with Crippen molar-refractivity contribution in [2.75, 3.05) is 24.4 Å². The number of amides is 2. The van der Waals surface area contributed by atoms with Crippen molar-refractivity contribution in [3.05, 3.63) is 82.4 Å². The van der Waals surface area contributed by atoms with Crippen LogP contribution >= 0.6 is 0 Å². The van der Waals surface area contributed by atoms with Crippen molar-refractivity contribution in [3.63, 3.8) is 0 Å². The largest absolute Gasteiger partial charge is 0.493 e. The first-order valence-corrected chi connectivity index (χ1v) is 15.2. The van der Waals surface area contributed by atoms with Gasteiger partial charge in [0.25, 0.3) is 0 Å². The van der Waals surface area contributed by atoms with E-state index in [1.807, 2.05) is 64.1 Å². The maximum atomic E-state index is 14.2. The summed E-state index contributed by atoms with van der Waals surface area (Å²) in [7, 11) is 1.52. The van der Waals surface area contributed by atoms with Gasteiger partial charge in [-0.25, -0.2) is 0 Å². The number of carbonyl (C=O) groups is 3. The Morgan fingerprint density at radius 3 is 2.05 bits per heavy atom. The molecular formula is C36H44N2O6. The number of methoxy groups -OCH3 is 1. The van der Waals surface area contributed by atoms with Crippen molar-refractivity contribution >= 4 is 29.0 Å². The van der Waals surface area contributed by atoms with E-state index in [2.05, 4.69) is 17.6 Å². The molecule has 4 unspecified atom stereocenters. The van der Waals surface area contributed by atoms with Gasteiger partial charge in [-0.15, -0.1) is 0 Å². The molecule has 0 aliphatic heterocycles. The molecule has 0 bridgehead atoms. The number of nitrogens with one attached hydrogen (secondary N) is 2. The van der Waals surface area contributed by atoms with Gasteiger partial charge in [0, 0.05) is 23.7 Å². The molecular weight excluding hydrogens is 556 g/mol. The predicted octanol–water partition coefficient (Wildman–Crippen LogP) is 6.42. The second-order valence-electron chi connectivity index (χ2n) is 12.2. The third-order valence-corrected chi connectivity index (χ3v) is 8.46. The molecule has 3 aromatic carbocycles. The van der Waals surface area contributed by atoms with Crippen LogP contribution in [0.15, 0.2) is 54.6 Å². The van der Waals surface area contributed by atoms with Gasteiger partial charge in [0.1, 0.15) is 11.7 Å². The van der Waals surface area contributed by atoms with Crippen LogP contribution in [0, 0.1) is 39.5 Å². The number of ketones is 1. The Balaban J connectivity index is 1.83. The zero-order valence-electron chi connectivity index (χ0n) is 26.7. The molecule has 0 radical (unpaired) electrons. The SMILES string of the molecule is CCCCOc1ccc(C2C(C(=O)Nc3cc(C)ccc3C)C(=O)CC(C)(O)C2C(=O)Nc2cc(C)ccc2C)cc1OC. The van der Waals surface area contributed by atoms with E-state index in [-0.39, 0.29) is 6.42 Å². The van der Waals surface area contributed by atoms with Crippen LogP contribution < -0.4 is 20.1 Å². The van der Waals surface area contributed by atoms with Gasteiger partial charge in [-0.2, -0.15) is 0 Å². The van der Waals surface area contributed by atoms with E-state index in [1.165, 1.54) is 14.0 Å². The van der Waals surface area contributed by atoms with Crippen LogP contribution in [0.1, 0.15) is 66.8 Å². The summed E-state index contributed by atoms with van der Waals surface area (Å²) in [6.45, 7) is 11.7. The molecule has 234 valence electrons. The zero-order valence-corrected chi connectivity index (χ0v) is 26.7. The number of aryl methyl sites for hydroxylation is 4. The van der Waals surface area contributed by atoms with Crippen LogP contribution in [-0.2, 0) is 14.4 Å². The van der Waals surface area contributed by atoms with Gasteiger partial charge in [-0.3, -0.25) is 14.4 Å². The van der Waals surface area contributed by atoms with E-state index in [4.69, 9.17) is 9.47 Å². The second kappa shape index (κ2) is 13.6. The fourth-order valence-electron chi connectivity index (χ4n) is 5.99. The molecule has 0 spiro atoms. The minimum absolute atomic E-state index is 0.353. The molecule has 0 heterocycles. The van der Waals surface area contributed by atoms with Crippen molar-refractivity contribution in [3.8, 4) is 11.5 Å². The summed E-state index contributed by atoms with van der Waals surface area (Å²) in [4.78, 5) is 42.0. The van der Waals surface area contributed by atoms with Gasteiger partial charge >= 0.3 is 0 Å². The summed E-state index contributed by atoms with van der Waals surface area (Å²) in [5.74, 6) is -3.91. The molecule has 4 rings (SSSR count). The summed E-state index contributed by atoms with van der Waals surface area (Å²) < 4.78 is 11.6. The van der Waals surface area contributed by atoms with E-state index in [9.17, 15) is 19.5 Å². The Bertz CT molecular complexity index is 1550. The van der Waals surface area contributed by atoms with Gasteiger partial charge in [0.2, 0.25) is 11.8 Å². The second-order valence-corrected chi connectivity index (χ2v) is 12.2. The highest BCUT2D eigenvalue weighted by Crippen LogP contribution is 2.48. The van der Waals surface area contributed by atoms with Crippen LogP contribution in [0.4, 0.5) is 11.4 Å². The summed E-state index contributed by atoms with van der Waals surface area (Å²) in [6, 6.07) is 16.6. The number of benzene rings is 3. The van der Waals surface area contributed by atoms with E-state index >= 15 is 0 Å². The monoisotopic (exact) mass is 600 g/mol. The summed E-state index contributed by atoms with van der Waals surface area (Å²) >= 11 is 0. The van der Waals surface area contributed by atoms with Crippen molar-refractivity contribution in [2.45, 2.75) is 72.3 Å². The molecule has 1 saturated carbocycles. The molecule has 8 nitrogen and oxygen atoms in total. The molecule has 8 heteroatoms. The number of anilines is 2. The first kappa shape index (κ1) is 32.7. The fraction of sp³-hybridized carbons (Fsp3) is 0.417. The number of hydrogen-bond donors (Lipinski definition) is 3. The molecule has 44 heavy (non-hydrogen) atoms. The minimum atomic E-state index is -1.73. The van der Waals surface area contributed by atoms with Crippen LogP contribution in [0.5, 0.6) is 11.5 Å². The molecule has 2 amide bonds. The number of rotatable bonds is 10. The van der Waals surface area contributed by atoms with Gasteiger partial charge < -0.3 is 25.2 Å². The number of hydrogen-bond acceptors (Lipinski definition) is 6. The van der Waals surface area contributed by atoms with E-state index in [0.29, 0.717) is 35.0 Å². The molecule has 1 aliphatic carbocycles. The highest BCUT2D eigenvalue weighted by Gasteiger charge is 2.56. The lowest BCUT2D eigenvalue weighted by Crippen LogP contribution is -2.56. The first-order valence-electron chi connectivity index (χ1n) is 15.2. The molecule has 0 saturated heterocycles. The Labute approximate surface area is 260 Å². The van der Waals surface area contributed by atoms with Crippen LogP contribution in [-0.4, -0.2) is 42.0 Å². The van der Waals surface area contributed by atoms with Gasteiger partial charge in [-0.1, -0.05) is 43.7 Å². The number of unbranched alkanes of at least 4 members (excludes halogenated alkanes) is 1. The number of aliphatic hydroxyl groups is 1. The average molecular weight is 601 g/mol. The maximum absolute atomic E-state index is 14.2. The van der Waals surface area contributed by atoms with E-state index in [1.54, 1.807) is 18.2 Å². The lowest BCUT2D eigenvalue weighted by atomic mass is 9.61. The van der Waals surface area contributed by atoms with Crippen molar-refractivity contribution in [1.82, 2.24) is 0 Å². The standard InChI is InChI=1S/C36H44N2O6/c1-8-9-16-44-29-15-14-25(19-30(29)43-7)31-32(34(40)37-26-17-21(2)10-12-23(26)4)28(39)20-36(6,42)33(31)35(41)38-27-18-22(3)11-13-24(27)5/h10-15,17-19,31-33,42H,8-9,16,20H2,1-7H3,(H,37,40)(H,38,41).